The van der Waals surface area contributed by atoms with Crippen LogP contribution in [0.2, 0.25) is 0 Å². The Morgan fingerprint density at radius 1 is 1.40 bits per heavy atom. The molecular weight excluding hydrogens is 274 g/mol. The smallest absolute Gasteiger partial charge is 0.230 e. The van der Waals surface area contributed by atoms with Gasteiger partial charge in [-0.1, -0.05) is 23.5 Å². The molecule has 0 fully saturated rings. The number of benzene rings is 1. The summed E-state index contributed by atoms with van der Waals surface area (Å²) in [7, 11) is 0. The molecule has 1 amide bonds. The molecule has 0 aliphatic rings. The summed E-state index contributed by atoms with van der Waals surface area (Å²) in [6.07, 6.45) is 1.91. The van der Waals surface area contributed by atoms with Crippen molar-refractivity contribution in [3.05, 3.63) is 40.6 Å². The highest BCUT2D eigenvalue weighted by Gasteiger charge is 2.13. The summed E-state index contributed by atoms with van der Waals surface area (Å²) in [5.41, 5.74) is 5.60. The van der Waals surface area contributed by atoms with Crippen LogP contribution in [-0.2, 0) is 11.2 Å². The second-order valence-corrected chi connectivity index (χ2v) is 5.45. The Balaban J connectivity index is 1.84. The highest BCUT2D eigenvalue weighted by Crippen LogP contribution is 2.26. The molecule has 2 heterocycles. The van der Waals surface area contributed by atoms with Crippen LogP contribution >= 0.6 is 11.3 Å². The molecule has 0 aliphatic carbocycles. The maximum Gasteiger partial charge on any atom is 0.230 e. The molecule has 0 spiro atoms. The van der Waals surface area contributed by atoms with Crippen molar-refractivity contribution in [1.29, 1.82) is 0 Å². The molecule has 0 atom stereocenters. The molecule has 1 aromatic carbocycles. The molecule has 0 saturated heterocycles. The van der Waals surface area contributed by atoms with Gasteiger partial charge in [0.2, 0.25) is 11.0 Å². The summed E-state index contributed by atoms with van der Waals surface area (Å²) in [5.74, 6) is -0.123. The summed E-state index contributed by atoms with van der Waals surface area (Å²) < 4.78 is 5.59. The third kappa shape index (κ3) is 2.30. The van der Waals surface area contributed by atoms with Crippen molar-refractivity contribution in [2.24, 2.45) is 0 Å². The van der Waals surface area contributed by atoms with Crippen LogP contribution in [0.15, 0.2) is 28.3 Å². The minimum absolute atomic E-state index is 0.123. The summed E-state index contributed by atoms with van der Waals surface area (Å²) >= 11 is 1.29. The van der Waals surface area contributed by atoms with E-state index in [0.29, 0.717) is 5.13 Å². The molecule has 3 aromatic rings. The molecule has 102 valence electrons. The Morgan fingerprint density at radius 3 is 3.00 bits per heavy atom. The second kappa shape index (κ2) is 5.05. The van der Waals surface area contributed by atoms with Crippen molar-refractivity contribution in [2.45, 2.75) is 20.3 Å². The molecule has 20 heavy (non-hydrogen) atoms. The van der Waals surface area contributed by atoms with Crippen LogP contribution in [0.25, 0.3) is 11.0 Å². The number of carbonyl (C=O) groups excluding carboxylic acids is 1. The van der Waals surface area contributed by atoms with E-state index in [1.165, 1.54) is 16.9 Å². The lowest BCUT2D eigenvalue weighted by Gasteiger charge is -2.02. The van der Waals surface area contributed by atoms with E-state index < -0.39 is 0 Å². The van der Waals surface area contributed by atoms with E-state index in [-0.39, 0.29) is 12.3 Å². The normalized spacial score (nSPS) is 10.9. The van der Waals surface area contributed by atoms with E-state index in [1.54, 1.807) is 11.8 Å². The molecule has 6 heteroatoms. The highest BCUT2D eigenvalue weighted by molar-refractivity contribution is 7.13. The average Bonchev–Trinajstić information content (AvgIpc) is 3.04. The number of amides is 1. The molecule has 0 bridgehead atoms. The lowest BCUT2D eigenvalue weighted by atomic mass is 10.0. The van der Waals surface area contributed by atoms with Gasteiger partial charge in [-0.2, -0.15) is 0 Å². The number of carbonyl (C=O) groups is 1. The first-order valence-corrected chi connectivity index (χ1v) is 7.05. The van der Waals surface area contributed by atoms with Gasteiger partial charge >= 0.3 is 0 Å². The number of aryl methyl sites for hydroxylation is 2. The van der Waals surface area contributed by atoms with Crippen LogP contribution in [0.4, 0.5) is 5.13 Å². The number of hydrogen-bond donors (Lipinski definition) is 1. The zero-order valence-corrected chi connectivity index (χ0v) is 12.0. The largest absolute Gasteiger partial charge is 0.464 e. The van der Waals surface area contributed by atoms with Gasteiger partial charge in [0.05, 0.1) is 12.7 Å². The van der Waals surface area contributed by atoms with Crippen LogP contribution in [0.1, 0.15) is 16.7 Å². The Morgan fingerprint density at radius 2 is 2.25 bits per heavy atom. The number of nitrogens with one attached hydrogen (secondary N) is 1. The van der Waals surface area contributed by atoms with E-state index >= 15 is 0 Å². The molecule has 5 nitrogen and oxygen atoms in total. The average molecular weight is 287 g/mol. The van der Waals surface area contributed by atoms with Crippen molar-refractivity contribution in [1.82, 2.24) is 10.2 Å². The Kier molecular flexibility index (Phi) is 3.23. The number of aromatic nitrogens is 2. The zero-order valence-electron chi connectivity index (χ0n) is 11.1. The van der Waals surface area contributed by atoms with Crippen LogP contribution in [0, 0.1) is 13.8 Å². The summed E-state index contributed by atoms with van der Waals surface area (Å²) in [6, 6.07) is 4.04. The molecule has 2 aromatic heterocycles. The minimum atomic E-state index is -0.123. The quantitative estimate of drug-likeness (QED) is 0.803. The molecule has 0 radical (unpaired) electrons. The number of rotatable bonds is 3. The van der Waals surface area contributed by atoms with E-state index in [4.69, 9.17) is 4.42 Å². The molecular formula is C14H13N3O2S. The SMILES string of the molecule is Cc1ccc2c(CC(=O)Nc3nncs3)coc2c1C. The van der Waals surface area contributed by atoms with Gasteiger partial charge in [-0.15, -0.1) is 10.2 Å². The number of anilines is 1. The van der Waals surface area contributed by atoms with Crippen molar-refractivity contribution >= 4 is 33.3 Å². The Hall–Kier alpha value is -2.21. The van der Waals surface area contributed by atoms with E-state index in [2.05, 4.69) is 15.5 Å². The number of nitrogens with zero attached hydrogens (tertiary/aromatic N) is 2. The first-order valence-electron chi connectivity index (χ1n) is 6.17. The lowest BCUT2D eigenvalue weighted by Crippen LogP contribution is -2.14. The molecule has 0 saturated carbocycles. The Labute approximate surface area is 119 Å². The fourth-order valence-electron chi connectivity index (χ4n) is 2.09. The lowest BCUT2D eigenvalue weighted by molar-refractivity contribution is -0.115. The number of furan rings is 1. The predicted octanol–water partition coefficient (Wildman–Crippen LogP) is 3.08. The van der Waals surface area contributed by atoms with Gasteiger partial charge in [0, 0.05) is 10.9 Å². The topological polar surface area (TPSA) is 68.0 Å². The van der Waals surface area contributed by atoms with Crippen molar-refractivity contribution < 1.29 is 9.21 Å². The third-order valence-electron chi connectivity index (χ3n) is 3.30. The van der Waals surface area contributed by atoms with Gasteiger partial charge in [0.15, 0.2) is 0 Å². The molecule has 0 unspecified atom stereocenters. The minimum Gasteiger partial charge on any atom is -0.464 e. The number of hydrogen-bond acceptors (Lipinski definition) is 5. The first-order chi connectivity index (χ1) is 9.65. The predicted molar refractivity (Wildman–Crippen MR) is 77.9 cm³/mol. The monoisotopic (exact) mass is 287 g/mol. The van der Waals surface area contributed by atoms with E-state index in [9.17, 15) is 4.79 Å². The molecule has 3 rings (SSSR count). The van der Waals surface area contributed by atoms with Crippen molar-refractivity contribution in [3.8, 4) is 0 Å². The van der Waals surface area contributed by atoms with Crippen LogP contribution in [0.5, 0.6) is 0 Å². The maximum absolute atomic E-state index is 12.0. The van der Waals surface area contributed by atoms with Gasteiger partial charge in [0.1, 0.15) is 11.1 Å². The van der Waals surface area contributed by atoms with E-state index in [0.717, 1.165) is 22.1 Å². The fourth-order valence-corrected chi connectivity index (χ4v) is 2.55. The first kappa shape index (κ1) is 12.8. The summed E-state index contributed by atoms with van der Waals surface area (Å²) in [6.45, 7) is 4.06. The van der Waals surface area contributed by atoms with E-state index in [1.807, 2.05) is 26.0 Å². The maximum atomic E-state index is 12.0. The van der Waals surface area contributed by atoms with Crippen LogP contribution in [0.3, 0.4) is 0 Å². The number of fused-ring (bicyclic) bond motifs is 1. The fraction of sp³-hybridized carbons (Fsp3) is 0.214. The molecule has 0 aliphatic heterocycles. The van der Waals surface area contributed by atoms with Crippen LogP contribution in [-0.4, -0.2) is 16.1 Å². The highest BCUT2D eigenvalue weighted by atomic mass is 32.1. The summed E-state index contributed by atoms with van der Waals surface area (Å²) in [4.78, 5) is 12.0. The van der Waals surface area contributed by atoms with Gasteiger partial charge in [-0.3, -0.25) is 4.79 Å². The Bertz CT molecular complexity index is 762. The van der Waals surface area contributed by atoms with Crippen molar-refractivity contribution in [3.63, 3.8) is 0 Å². The van der Waals surface area contributed by atoms with Crippen LogP contribution < -0.4 is 5.32 Å². The zero-order chi connectivity index (χ0) is 14.1. The third-order valence-corrected chi connectivity index (χ3v) is 3.91. The van der Waals surface area contributed by atoms with Gasteiger partial charge in [0.25, 0.3) is 0 Å². The van der Waals surface area contributed by atoms with Gasteiger partial charge < -0.3 is 9.73 Å². The van der Waals surface area contributed by atoms with Gasteiger partial charge in [-0.05, 0) is 25.0 Å². The van der Waals surface area contributed by atoms with Gasteiger partial charge in [-0.25, -0.2) is 0 Å². The summed E-state index contributed by atoms with van der Waals surface area (Å²) in [5, 5.41) is 11.7. The molecule has 1 N–H and O–H groups in total. The standard InChI is InChI=1S/C14H13N3O2S/c1-8-3-4-11-10(6-19-13(11)9(8)2)5-12(18)16-14-17-15-7-20-14/h3-4,6-7H,5H2,1-2H3,(H,16,17,18). The second-order valence-electron chi connectivity index (χ2n) is 4.61. The van der Waals surface area contributed by atoms with Crippen molar-refractivity contribution in [2.75, 3.05) is 5.32 Å².